The fourth-order valence-corrected chi connectivity index (χ4v) is 0.775. The van der Waals surface area contributed by atoms with Gasteiger partial charge < -0.3 is 6.42 Å². The normalized spacial score (nSPS) is 20.0. The fraction of sp³-hybridized carbons (Fsp3) is 0.857. The standard InChI is InChI=1S/C7H13.BF3.K/c1-7(2,3)6-4-5-6;2-1(3)4;/h4,6H,5H2,1-3H3;;/q-1;;+1/t6-;;/m0../s1. The van der Waals surface area contributed by atoms with Crippen LogP contribution < -0.4 is 51.4 Å². The van der Waals surface area contributed by atoms with Gasteiger partial charge in [0.05, 0.1) is 0 Å². The number of halogens is 3. The van der Waals surface area contributed by atoms with Crippen molar-refractivity contribution in [1.29, 1.82) is 0 Å². The van der Waals surface area contributed by atoms with E-state index in [4.69, 9.17) is 0 Å². The summed E-state index contributed by atoms with van der Waals surface area (Å²) in [5, 5.41) is 0. The predicted molar refractivity (Wildman–Crippen MR) is 40.9 cm³/mol. The van der Waals surface area contributed by atoms with Crippen LogP contribution in [0.2, 0.25) is 0 Å². The molecule has 12 heavy (non-hydrogen) atoms. The summed E-state index contributed by atoms with van der Waals surface area (Å²) in [6.45, 7) is 6.88. The summed E-state index contributed by atoms with van der Waals surface area (Å²) in [6, 6.07) is 0. The Morgan fingerprint density at radius 1 is 1.25 bits per heavy atom. The Kier molecular flexibility index (Phi) is 9.13. The van der Waals surface area contributed by atoms with E-state index in [1.807, 2.05) is 0 Å². The van der Waals surface area contributed by atoms with E-state index in [2.05, 4.69) is 27.2 Å². The maximum atomic E-state index is 9.67. The zero-order chi connectivity index (χ0) is 9.07. The maximum Gasteiger partial charge on any atom is 1.00 e. The molecule has 1 saturated carbocycles. The molecule has 0 radical (unpaired) electrons. The predicted octanol–water partition coefficient (Wildman–Crippen LogP) is 0.140. The topological polar surface area (TPSA) is 0 Å². The zero-order valence-electron chi connectivity index (χ0n) is 8.07. The van der Waals surface area contributed by atoms with Crippen molar-refractivity contribution in [2.24, 2.45) is 11.3 Å². The van der Waals surface area contributed by atoms with E-state index < -0.39 is 7.54 Å². The van der Waals surface area contributed by atoms with Gasteiger partial charge in [-0.25, -0.2) is 6.42 Å². The third-order valence-electron chi connectivity index (χ3n) is 1.58. The molecule has 0 aromatic carbocycles. The molecule has 0 saturated heterocycles. The van der Waals surface area contributed by atoms with Crippen LogP contribution in [0.5, 0.6) is 0 Å². The average Bonchev–Trinajstić information content (AvgIpc) is 2.33. The van der Waals surface area contributed by atoms with Crippen LogP contribution >= 0.6 is 0 Å². The van der Waals surface area contributed by atoms with E-state index in [1.165, 1.54) is 6.42 Å². The van der Waals surface area contributed by atoms with Crippen molar-refractivity contribution in [3.63, 3.8) is 0 Å². The summed E-state index contributed by atoms with van der Waals surface area (Å²) in [7, 11) is -3.67. The summed E-state index contributed by atoms with van der Waals surface area (Å²) >= 11 is 0. The first-order chi connectivity index (χ1) is 4.84. The SMILES string of the molecule is CC(C)(C)[C@H]1[CH-]C1.FB(F)F.[K+]. The number of rotatable bonds is 0. The Morgan fingerprint density at radius 3 is 1.50 bits per heavy atom. The van der Waals surface area contributed by atoms with Crippen LogP contribution in [-0.4, -0.2) is 7.54 Å². The van der Waals surface area contributed by atoms with Gasteiger partial charge in [0.2, 0.25) is 0 Å². The zero-order valence-corrected chi connectivity index (χ0v) is 11.2. The van der Waals surface area contributed by atoms with Gasteiger partial charge in [0.1, 0.15) is 0 Å². The summed E-state index contributed by atoms with van der Waals surface area (Å²) < 4.78 is 29.0. The molecule has 0 nitrogen and oxygen atoms in total. The molecule has 5 heteroatoms. The molecule has 0 aromatic heterocycles. The van der Waals surface area contributed by atoms with E-state index in [0.717, 1.165) is 5.92 Å². The minimum absolute atomic E-state index is 0. The van der Waals surface area contributed by atoms with Gasteiger partial charge in [-0.3, -0.25) is 12.9 Å². The Bertz CT molecular complexity index is 107. The van der Waals surface area contributed by atoms with Gasteiger partial charge in [-0.15, -0.1) is 0 Å². The van der Waals surface area contributed by atoms with Gasteiger partial charge in [0, 0.05) is 0 Å². The molecule has 1 fully saturated rings. The quantitative estimate of drug-likeness (QED) is 0.389. The Morgan fingerprint density at radius 2 is 1.50 bits per heavy atom. The first kappa shape index (κ1) is 15.9. The van der Waals surface area contributed by atoms with Crippen molar-refractivity contribution in [2.75, 3.05) is 0 Å². The summed E-state index contributed by atoms with van der Waals surface area (Å²) in [6.07, 6.45) is 3.73. The van der Waals surface area contributed by atoms with Crippen molar-refractivity contribution in [3.05, 3.63) is 6.42 Å². The molecule has 0 spiro atoms. The second-order valence-electron chi connectivity index (χ2n) is 3.69. The second kappa shape index (κ2) is 6.87. The molecular formula is C7H13BF3K. The van der Waals surface area contributed by atoms with E-state index >= 15 is 0 Å². The molecule has 1 rings (SSSR count). The van der Waals surface area contributed by atoms with Crippen LogP contribution in [0.3, 0.4) is 0 Å². The van der Waals surface area contributed by atoms with Crippen LogP contribution in [-0.2, 0) is 0 Å². The van der Waals surface area contributed by atoms with Crippen molar-refractivity contribution in [1.82, 2.24) is 0 Å². The summed E-state index contributed by atoms with van der Waals surface area (Å²) in [5.41, 5.74) is 0.556. The molecule has 0 N–H and O–H groups in total. The van der Waals surface area contributed by atoms with E-state index in [-0.39, 0.29) is 51.4 Å². The molecule has 0 unspecified atom stereocenters. The molecule has 1 aliphatic rings. The second-order valence-corrected chi connectivity index (χ2v) is 3.69. The van der Waals surface area contributed by atoms with Crippen LogP contribution in [0, 0.1) is 17.8 Å². The Labute approximate surface area is 115 Å². The summed E-state index contributed by atoms with van der Waals surface area (Å²) in [4.78, 5) is 0. The van der Waals surface area contributed by atoms with E-state index in [1.54, 1.807) is 0 Å². The van der Waals surface area contributed by atoms with Gasteiger partial charge in [0.15, 0.2) is 0 Å². The molecule has 1 atom stereocenters. The van der Waals surface area contributed by atoms with Gasteiger partial charge in [-0.05, 0) is 0 Å². The van der Waals surface area contributed by atoms with Crippen LogP contribution in [0.25, 0.3) is 0 Å². The number of hydrogen-bond acceptors (Lipinski definition) is 0. The van der Waals surface area contributed by atoms with Crippen molar-refractivity contribution < 1.29 is 64.3 Å². The van der Waals surface area contributed by atoms with Crippen LogP contribution in [0.4, 0.5) is 12.9 Å². The monoisotopic (exact) mass is 204 g/mol. The van der Waals surface area contributed by atoms with Crippen molar-refractivity contribution in [3.8, 4) is 0 Å². The van der Waals surface area contributed by atoms with Gasteiger partial charge in [0.25, 0.3) is 0 Å². The van der Waals surface area contributed by atoms with E-state index in [0.29, 0.717) is 5.41 Å². The van der Waals surface area contributed by atoms with Crippen LogP contribution in [0.15, 0.2) is 0 Å². The fourth-order valence-electron chi connectivity index (χ4n) is 0.775. The van der Waals surface area contributed by atoms with Gasteiger partial charge in [-0.2, -0.15) is 5.92 Å². The van der Waals surface area contributed by atoms with E-state index in [9.17, 15) is 12.9 Å². The Hall–Kier alpha value is 1.49. The first-order valence-electron chi connectivity index (χ1n) is 3.59. The minimum Gasteiger partial charge on any atom is -0.330 e. The third-order valence-corrected chi connectivity index (χ3v) is 1.58. The largest absolute Gasteiger partial charge is 1.00 e. The number of hydrogen-bond donors (Lipinski definition) is 0. The molecule has 0 aliphatic heterocycles. The van der Waals surface area contributed by atoms with Crippen LogP contribution in [0.1, 0.15) is 27.2 Å². The molecule has 66 valence electrons. The molecule has 0 amide bonds. The smallest absolute Gasteiger partial charge is 0.330 e. The van der Waals surface area contributed by atoms with Crippen molar-refractivity contribution >= 4 is 7.54 Å². The average molecular weight is 204 g/mol. The molecular weight excluding hydrogens is 191 g/mol. The van der Waals surface area contributed by atoms with Gasteiger partial charge in [-0.1, -0.05) is 26.2 Å². The molecule has 1 aliphatic carbocycles. The summed E-state index contributed by atoms with van der Waals surface area (Å²) in [5.74, 6) is 0.924. The third kappa shape index (κ3) is 11.5. The molecule has 0 aromatic rings. The minimum atomic E-state index is -3.67. The molecule has 0 bridgehead atoms. The maximum absolute atomic E-state index is 9.67. The van der Waals surface area contributed by atoms with Crippen molar-refractivity contribution in [2.45, 2.75) is 27.2 Å². The molecule has 0 heterocycles. The van der Waals surface area contributed by atoms with Gasteiger partial charge >= 0.3 is 58.9 Å². The first-order valence-corrected chi connectivity index (χ1v) is 3.59. The Balaban J connectivity index is 0.